The molecule has 0 spiro atoms. The maximum absolute atomic E-state index is 13.6. The lowest BCUT2D eigenvalue weighted by Crippen LogP contribution is -2.13. The zero-order valence-electron chi connectivity index (χ0n) is 14.2. The number of hydrogen-bond acceptors (Lipinski definition) is 4. The van der Waals surface area contributed by atoms with Gasteiger partial charge in [-0.15, -0.1) is 0 Å². The topological polar surface area (TPSA) is 63.2 Å². The van der Waals surface area contributed by atoms with Crippen LogP contribution in [0.3, 0.4) is 0 Å². The lowest BCUT2D eigenvalue weighted by Gasteiger charge is -2.08. The van der Waals surface area contributed by atoms with Gasteiger partial charge in [0.1, 0.15) is 17.4 Å². The van der Waals surface area contributed by atoms with Crippen molar-refractivity contribution in [2.45, 2.75) is 6.54 Å². The van der Waals surface area contributed by atoms with Crippen molar-refractivity contribution in [3.63, 3.8) is 0 Å². The van der Waals surface area contributed by atoms with Crippen molar-refractivity contribution in [1.82, 2.24) is 4.98 Å². The average molecular weight is 351 g/mol. The molecule has 1 aromatic heterocycles. The van der Waals surface area contributed by atoms with Crippen LogP contribution < -0.4 is 15.4 Å². The largest absolute Gasteiger partial charge is 0.497 e. The molecule has 0 aliphatic carbocycles. The van der Waals surface area contributed by atoms with Crippen LogP contribution in [0.1, 0.15) is 15.9 Å². The number of methoxy groups -OCH3 is 1. The van der Waals surface area contributed by atoms with Gasteiger partial charge in [0.15, 0.2) is 0 Å². The number of aromatic nitrogens is 1. The van der Waals surface area contributed by atoms with Crippen molar-refractivity contribution in [3.8, 4) is 5.75 Å². The summed E-state index contributed by atoms with van der Waals surface area (Å²) in [6.45, 7) is 0.595. The van der Waals surface area contributed by atoms with Crippen LogP contribution in [-0.4, -0.2) is 18.0 Å². The number of para-hydroxylation sites is 1. The Labute approximate surface area is 150 Å². The van der Waals surface area contributed by atoms with Gasteiger partial charge in [-0.1, -0.05) is 24.3 Å². The molecule has 0 aliphatic rings. The molecule has 0 unspecified atom stereocenters. The Morgan fingerprint density at radius 1 is 1.08 bits per heavy atom. The molecule has 3 rings (SSSR count). The summed E-state index contributed by atoms with van der Waals surface area (Å²) in [5.74, 6) is 0.552. The highest BCUT2D eigenvalue weighted by molar-refractivity contribution is 6.04. The number of ether oxygens (including phenoxy) is 1. The molecule has 0 aliphatic heterocycles. The molecule has 132 valence electrons. The number of hydrogen-bond donors (Lipinski definition) is 2. The number of pyridine rings is 1. The predicted molar refractivity (Wildman–Crippen MR) is 98.9 cm³/mol. The van der Waals surface area contributed by atoms with Gasteiger partial charge in [0.2, 0.25) is 0 Å². The molecule has 0 saturated heterocycles. The molecule has 2 aromatic carbocycles. The minimum absolute atomic E-state index is 0.138. The van der Waals surface area contributed by atoms with Crippen LogP contribution in [0.2, 0.25) is 0 Å². The van der Waals surface area contributed by atoms with Crippen molar-refractivity contribution < 1.29 is 13.9 Å². The minimum atomic E-state index is -0.480. The fourth-order valence-corrected chi connectivity index (χ4v) is 2.33. The van der Waals surface area contributed by atoms with Crippen molar-refractivity contribution in [3.05, 3.63) is 83.8 Å². The van der Waals surface area contributed by atoms with Gasteiger partial charge in [0.25, 0.3) is 5.91 Å². The standard InChI is InChI=1S/C20H18FN3O2/c1-26-16-9-6-14(7-10-16)12-22-19-11-8-15(13-23-19)20(25)24-18-5-3-2-4-17(18)21/h2-11,13H,12H2,1H3,(H,22,23)(H,24,25). The van der Waals surface area contributed by atoms with Gasteiger partial charge in [-0.05, 0) is 42.0 Å². The first-order valence-corrected chi connectivity index (χ1v) is 8.04. The summed E-state index contributed by atoms with van der Waals surface area (Å²) in [7, 11) is 1.63. The monoisotopic (exact) mass is 351 g/mol. The van der Waals surface area contributed by atoms with Crippen LogP contribution in [-0.2, 0) is 6.54 Å². The van der Waals surface area contributed by atoms with E-state index in [0.717, 1.165) is 11.3 Å². The number of halogens is 1. The molecule has 1 amide bonds. The Hall–Kier alpha value is -3.41. The molecule has 2 N–H and O–H groups in total. The second kappa shape index (κ2) is 8.11. The van der Waals surface area contributed by atoms with E-state index in [4.69, 9.17) is 4.74 Å². The van der Waals surface area contributed by atoms with Gasteiger partial charge in [-0.3, -0.25) is 4.79 Å². The average Bonchev–Trinajstić information content (AvgIpc) is 2.69. The maximum Gasteiger partial charge on any atom is 0.257 e. The molecule has 0 bridgehead atoms. The van der Waals surface area contributed by atoms with Gasteiger partial charge >= 0.3 is 0 Å². The first kappa shape index (κ1) is 17.4. The summed E-state index contributed by atoms with van der Waals surface area (Å²) in [4.78, 5) is 16.4. The number of rotatable bonds is 6. The van der Waals surface area contributed by atoms with E-state index >= 15 is 0 Å². The Bertz CT molecular complexity index is 880. The third-order valence-electron chi connectivity index (χ3n) is 3.78. The zero-order chi connectivity index (χ0) is 18.4. The summed E-state index contributed by atoms with van der Waals surface area (Å²) >= 11 is 0. The molecular weight excluding hydrogens is 333 g/mol. The summed E-state index contributed by atoms with van der Waals surface area (Å²) in [5.41, 5.74) is 1.57. The van der Waals surface area contributed by atoms with Crippen molar-refractivity contribution >= 4 is 17.4 Å². The summed E-state index contributed by atoms with van der Waals surface area (Å²) in [6, 6.07) is 17.1. The van der Waals surface area contributed by atoms with Gasteiger partial charge in [-0.2, -0.15) is 0 Å². The lowest BCUT2D eigenvalue weighted by molar-refractivity contribution is 0.102. The Balaban J connectivity index is 1.59. The maximum atomic E-state index is 13.6. The number of carbonyl (C=O) groups is 1. The normalized spacial score (nSPS) is 10.2. The zero-order valence-corrected chi connectivity index (χ0v) is 14.2. The first-order chi connectivity index (χ1) is 12.7. The molecule has 1 heterocycles. The van der Waals surface area contributed by atoms with E-state index in [2.05, 4.69) is 15.6 Å². The van der Waals surface area contributed by atoms with Crippen molar-refractivity contribution in [2.24, 2.45) is 0 Å². The number of anilines is 2. The SMILES string of the molecule is COc1ccc(CNc2ccc(C(=O)Nc3ccccc3F)cn2)cc1. The Kier molecular flexibility index (Phi) is 5.43. The molecule has 0 fully saturated rings. The van der Waals surface area contributed by atoms with Gasteiger partial charge in [0, 0.05) is 12.7 Å². The molecule has 5 nitrogen and oxygen atoms in total. The number of benzene rings is 2. The van der Waals surface area contributed by atoms with E-state index < -0.39 is 11.7 Å². The lowest BCUT2D eigenvalue weighted by atomic mass is 10.2. The van der Waals surface area contributed by atoms with E-state index in [9.17, 15) is 9.18 Å². The third-order valence-corrected chi connectivity index (χ3v) is 3.78. The van der Waals surface area contributed by atoms with Gasteiger partial charge in [0.05, 0.1) is 18.4 Å². The molecule has 26 heavy (non-hydrogen) atoms. The Morgan fingerprint density at radius 3 is 2.50 bits per heavy atom. The molecule has 0 radical (unpaired) electrons. The molecule has 0 saturated carbocycles. The highest BCUT2D eigenvalue weighted by Gasteiger charge is 2.09. The van der Waals surface area contributed by atoms with Crippen LogP contribution in [0.25, 0.3) is 0 Å². The second-order valence-electron chi connectivity index (χ2n) is 5.57. The fraction of sp³-hybridized carbons (Fsp3) is 0.100. The van der Waals surface area contributed by atoms with Crippen LogP contribution in [0.5, 0.6) is 5.75 Å². The van der Waals surface area contributed by atoms with E-state index in [1.54, 1.807) is 31.4 Å². The highest BCUT2D eigenvalue weighted by Crippen LogP contribution is 2.15. The van der Waals surface area contributed by atoms with Crippen LogP contribution in [0.15, 0.2) is 66.9 Å². The summed E-state index contributed by atoms with van der Waals surface area (Å²) in [6.07, 6.45) is 1.45. The molecular formula is C20H18FN3O2. The predicted octanol–water partition coefficient (Wildman–Crippen LogP) is 4.09. The Morgan fingerprint density at radius 2 is 1.85 bits per heavy atom. The molecule has 6 heteroatoms. The van der Waals surface area contributed by atoms with Crippen LogP contribution in [0, 0.1) is 5.82 Å². The van der Waals surface area contributed by atoms with Crippen LogP contribution in [0.4, 0.5) is 15.9 Å². The second-order valence-corrected chi connectivity index (χ2v) is 5.57. The van der Waals surface area contributed by atoms with Crippen molar-refractivity contribution in [1.29, 1.82) is 0 Å². The number of amides is 1. The molecule has 3 aromatic rings. The minimum Gasteiger partial charge on any atom is -0.497 e. The summed E-state index contributed by atoms with van der Waals surface area (Å²) < 4.78 is 18.7. The highest BCUT2D eigenvalue weighted by atomic mass is 19.1. The van der Waals surface area contributed by atoms with Gasteiger partial charge in [-0.25, -0.2) is 9.37 Å². The molecule has 0 atom stereocenters. The van der Waals surface area contributed by atoms with E-state index in [1.165, 1.54) is 18.3 Å². The van der Waals surface area contributed by atoms with Crippen molar-refractivity contribution in [2.75, 3.05) is 17.7 Å². The number of carbonyl (C=O) groups excluding carboxylic acids is 1. The van der Waals surface area contributed by atoms with E-state index in [0.29, 0.717) is 17.9 Å². The number of nitrogens with one attached hydrogen (secondary N) is 2. The smallest absolute Gasteiger partial charge is 0.257 e. The first-order valence-electron chi connectivity index (χ1n) is 8.04. The number of nitrogens with zero attached hydrogens (tertiary/aromatic N) is 1. The van der Waals surface area contributed by atoms with E-state index in [-0.39, 0.29) is 5.69 Å². The summed E-state index contributed by atoms with van der Waals surface area (Å²) in [5, 5.41) is 5.71. The van der Waals surface area contributed by atoms with Gasteiger partial charge < -0.3 is 15.4 Å². The van der Waals surface area contributed by atoms with Crippen LogP contribution >= 0.6 is 0 Å². The quantitative estimate of drug-likeness (QED) is 0.702. The fourth-order valence-electron chi connectivity index (χ4n) is 2.33. The third kappa shape index (κ3) is 4.36. The van der Waals surface area contributed by atoms with E-state index in [1.807, 2.05) is 24.3 Å².